The Balaban J connectivity index is 0.000000847. The first-order valence-corrected chi connectivity index (χ1v) is 7.97. The quantitative estimate of drug-likeness (QED) is 0.899. The van der Waals surface area contributed by atoms with Gasteiger partial charge in [-0.2, -0.15) is 0 Å². The average molecular weight is 299 g/mol. The van der Waals surface area contributed by atoms with Gasteiger partial charge in [-0.05, 0) is 36.6 Å². The summed E-state index contributed by atoms with van der Waals surface area (Å²) in [6.07, 6.45) is 0.976. The molecule has 2 aromatic rings. The molecule has 0 aliphatic carbocycles. The third-order valence-electron chi connectivity index (χ3n) is 3.48. The van der Waals surface area contributed by atoms with Gasteiger partial charge in [0.1, 0.15) is 0 Å². The van der Waals surface area contributed by atoms with E-state index in [9.17, 15) is 0 Å². The monoisotopic (exact) mass is 299 g/mol. The maximum atomic E-state index is 5.41. The fourth-order valence-electron chi connectivity index (χ4n) is 2.38. The van der Waals surface area contributed by atoms with Gasteiger partial charge in [0.2, 0.25) is 6.79 Å². The lowest BCUT2D eigenvalue weighted by Crippen LogP contribution is -2.27. The minimum Gasteiger partial charge on any atom is -0.454 e. The topological polar surface area (TPSA) is 30.5 Å². The Morgan fingerprint density at radius 1 is 0.955 bits per heavy atom. The Morgan fingerprint density at radius 3 is 2.45 bits per heavy atom. The highest BCUT2D eigenvalue weighted by Gasteiger charge is 2.14. The van der Waals surface area contributed by atoms with Crippen molar-refractivity contribution in [1.29, 1.82) is 0 Å². The Hall–Kier alpha value is -2.00. The minimum absolute atomic E-state index is 0.334. The second-order valence-corrected chi connectivity index (χ2v) is 5.16. The van der Waals surface area contributed by atoms with Crippen LogP contribution in [0.25, 0.3) is 0 Å². The molecular weight excluding hydrogens is 274 g/mol. The van der Waals surface area contributed by atoms with Gasteiger partial charge >= 0.3 is 0 Å². The molecule has 3 rings (SSSR count). The lowest BCUT2D eigenvalue weighted by atomic mass is 10.1. The van der Waals surface area contributed by atoms with Crippen LogP contribution in [0.3, 0.4) is 0 Å². The average Bonchev–Trinajstić information content (AvgIpc) is 3.03. The maximum Gasteiger partial charge on any atom is 0.231 e. The van der Waals surface area contributed by atoms with Crippen LogP contribution in [-0.4, -0.2) is 12.8 Å². The number of benzene rings is 2. The molecule has 2 aromatic carbocycles. The van der Waals surface area contributed by atoms with E-state index in [1.165, 1.54) is 11.1 Å². The molecule has 3 heteroatoms. The summed E-state index contributed by atoms with van der Waals surface area (Å²) in [6.45, 7) is 7.43. The van der Waals surface area contributed by atoms with Gasteiger partial charge in [0.15, 0.2) is 11.5 Å². The van der Waals surface area contributed by atoms with Crippen molar-refractivity contribution in [2.75, 3.05) is 6.79 Å². The summed E-state index contributed by atoms with van der Waals surface area (Å²) < 4.78 is 10.7. The second kappa shape index (κ2) is 8.44. The zero-order valence-electron chi connectivity index (χ0n) is 13.6. The van der Waals surface area contributed by atoms with Crippen LogP contribution in [0.2, 0.25) is 0 Å². The molecule has 0 saturated carbocycles. The van der Waals surface area contributed by atoms with Gasteiger partial charge in [-0.15, -0.1) is 0 Å². The van der Waals surface area contributed by atoms with E-state index in [0.29, 0.717) is 12.8 Å². The smallest absolute Gasteiger partial charge is 0.231 e. The molecule has 1 N–H and O–H groups in total. The van der Waals surface area contributed by atoms with Crippen molar-refractivity contribution in [2.45, 2.75) is 39.8 Å². The Kier molecular flexibility index (Phi) is 6.28. The van der Waals surface area contributed by atoms with Crippen molar-refractivity contribution < 1.29 is 9.47 Å². The molecule has 22 heavy (non-hydrogen) atoms. The molecule has 0 saturated heterocycles. The lowest BCUT2D eigenvalue weighted by Gasteiger charge is -2.14. The predicted octanol–water partition coefficient (Wildman–Crippen LogP) is 4.16. The summed E-state index contributed by atoms with van der Waals surface area (Å²) in [5.74, 6) is 1.71. The van der Waals surface area contributed by atoms with Crippen LogP contribution in [0.4, 0.5) is 0 Å². The molecule has 118 valence electrons. The summed E-state index contributed by atoms with van der Waals surface area (Å²) in [5.41, 5.74) is 2.58. The summed E-state index contributed by atoms with van der Waals surface area (Å²) in [4.78, 5) is 0. The van der Waals surface area contributed by atoms with E-state index in [1.807, 2.05) is 26.0 Å². The highest BCUT2D eigenvalue weighted by Crippen LogP contribution is 2.32. The van der Waals surface area contributed by atoms with Gasteiger partial charge in [-0.25, -0.2) is 0 Å². The van der Waals surface area contributed by atoms with E-state index in [4.69, 9.17) is 9.47 Å². The standard InChI is InChI=1S/C17H19NO2.C2H6/c1-13(18-11-14-5-3-2-4-6-14)9-15-7-8-16-17(10-15)20-12-19-16;1-2/h2-8,10,13,18H,9,11-12H2,1H3;1-2H3. The fraction of sp³-hybridized carbons (Fsp3) is 0.368. The van der Waals surface area contributed by atoms with Crippen LogP contribution in [0, 0.1) is 0 Å². The van der Waals surface area contributed by atoms with Gasteiger partial charge in [0, 0.05) is 12.6 Å². The molecule has 1 aliphatic rings. The fourth-order valence-corrected chi connectivity index (χ4v) is 2.38. The second-order valence-electron chi connectivity index (χ2n) is 5.16. The minimum atomic E-state index is 0.334. The molecule has 0 aromatic heterocycles. The molecule has 0 fully saturated rings. The SMILES string of the molecule is CC.CC(Cc1ccc2c(c1)OCO2)NCc1ccccc1. The van der Waals surface area contributed by atoms with Crippen molar-refractivity contribution in [3.05, 3.63) is 59.7 Å². The maximum absolute atomic E-state index is 5.41. The first kappa shape index (κ1) is 16.4. The third-order valence-corrected chi connectivity index (χ3v) is 3.48. The normalized spacial score (nSPS) is 13.2. The number of hydrogen-bond donors (Lipinski definition) is 1. The molecule has 0 spiro atoms. The largest absolute Gasteiger partial charge is 0.454 e. The summed E-state index contributed by atoms with van der Waals surface area (Å²) in [5, 5.41) is 3.54. The first-order chi connectivity index (χ1) is 10.8. The van der Waals surface area contributed by atoms with Gasteiger partial charge in [0.05, 0.1) is 0 Å². The van der Waals surface area contributed by atoms with Gasteiger partial charge in [-0.1, -0.05) is 50.2 Å². The van der Waals surface area contributed by atoms with E-state index >= 15 is 0 Å². The van der Waals surface area contributed by atoms with E-state index < -0.39 is 0 Å². The van der Waals surface area contributed by atoms with Crippen LogP contribution in [0.1, 0.15) is 31.9 Å². The molecule has 3 nitrogen and oxygen atoms in total. The number of rotatable bonds is 5. The zero-order valence-corrected chi connectivity index (χ0v) is 13.6. The van der Waals surface area contributed by atoms with Crippen LogP contribution in [0.15, 0.2) is 48.5 Å². The van der Waals surface area contributed by atoms with Crippen LogP contribution in [0.5, 0.6) is 11.5 Å². The van der Waals surface area contributed by atoms with Crippen LogP contribution >= 0.6 is 0 Å². The molecule has 1 atom stereocenters. The van der Waals surface area contributed by atoms with E-state index in [1.54, 1.807) is 0 Å². The van der Waals surface area contributed by atoms with Crippen LogP contribution < -0.4 is 14.8 Å². The highest BCUT2D eigenvalue weighted by molar-refractivity contribution is 5.44. The number of fused-ring (bicyclic) bond motifs is 1. The predicted molar refractivity (Wildman–Crippen MR) is 90.4 cm³/mol. The third kappa shape index (κ3) is 4.50. The summed E-state index contributed by atoms with van der Waals surface area (Å²) >= 11 is 0. The van der Waals surface area contributed by atoms with Gasteiger partial charge < -0.3 is 14.8 Å². The molecule has 0 bridgehead atoms. The number of hydrogen-bond acceptors (Lipinski definition) is 3. The zero-order chi connectivity index (χ0) is 15.8. The van der Waals surface area contributed by atoms with E-state index in [-0.39, 0.29) is 0 Å². The Bertz CT molecular complexity index is 569. The molecule has 1 unspecified atom stereocenters. The van der Waals surface area contributed by atoms with E-state index in [0.717, 1.165) is 24.5 Å². The first-order valence-electron chi connectivity index (χ1n) is 7.97. The number of ether oxygens (including phenoxy) is 2. The van der Waals surface area contributed by atoms with Gasteiger partial charge in [0.25, 0.3) is 0 Å². The number of nitrogens with one attached hydrogen (secondary N) is 1. The lowest BCUT2D eigenvalue weighted by molar-refractivity contribution is 0.174. The van der Waals surface area contributed by atoms with Gasteiger partial charge in [-0.3, -0.25) is 0 Å². The van der Waals surface area contributed by atoms with Crippen molar-refractivity contribution in [3.8, 4) is 11.5 Å². The molecule has 1 heterocycles. The van der Waals surface area contributed by atoms with Crippen molar-refractivity contribution in [1.82, 2.24) is 5.32 Å². The molecule has 0 radical (unpaired) electrons. The van der Waals surface area contributed by atoms with Crippen LogP contribution in [-0.2, 0) is 13.0 Å². The summed E-state index contributed by atoms with van der Waals surface area (Å²) in [7, 11) is 0. The Labute approximate surface area is 133 Å². The van der Waals surface area contributed by atoms with Crippen molar-refractivity contribution >= 4 is 0 Å². The molecular formula is C19H25NO2. The van der Waals surface area contributed by atoms with E-state index in [2.05, 4.69) is 48.6 Å². The van der Waals surface area contributed by atoms with Crippen molar-refractivity contribution in [2.24, 2.45) is 0 Å². The van der Waals surface area contributed by atoms with Crippen molar-refractivity contribution in [3.63, 3.8) is 0 Å². The molecule has 1 aliphatic heterocycles. The highest BCUT2D eigenvalue weighted by atomic mass is 16.7. The Morgan fingerprint density at radius 2 is 1.68 bits per heavy atom. The summed E-state index contributed by atoms with van der Waals surface area (Å²) in [6, 6.07) is 17.0. The molecule has 0 amide bonds.